The first-order chi connectivity index (χ1) is 14.1. The molecule has 3 rings (SSSR count). The molecule has 8 heteroatoms. The van der Waals surface area contributed by atoms with Gasteiger partial charge in [0.05, 0.1) is 21.5 Å². The first kappa shape index (κ1) is 22.1. The third-order valence-corrected chi connectivity index (χ3v) is 6.22. The monoisotopic (exact) mass is 451 g/mol. The summed E-state index contributed by atoms with van der Waals surface area (Å²) in [7, 11) is 0. The maximum atomic E-state index is 14.2. The Labute approximate surface area is 182 Å². The van der Waals surface area contributed by atoms with Crippen LogP contribution in [0.25, 0.3) is 10.9 Å². The number of phenolic OH excluding ortho intramolecular Hbond substituents is 1. The van der Waals surface area contributed by atoms with Crippen LogP contribution < -0.4 is 0 Å². The van der Waals surface area contributed by atoms with E-state index in [1.54, 1.807) is 13.8 Å². The Hall–Kier alpha value is -2.57. The smallest absolute Gasteiger partial charge is 0.311 e. The number of aromatic hydroxyl groups is 1. The van der Waals surface area contributed by atoms with E-state index in [0.29, 0.717) is 23.1 Å². The molecule has 30 heavy (non-hydrogen) atoms. The highest BCUT2D eigenvalue weighted by molar-refractivity contribution is 6.42. The van der Waals surface area contributed by atoms with Gasteiger partial charge in [0.15, 0.2) is 11.6 Å². The molecule has 1 aromatic heterocycles. The molecule has 0 fully saturated rings. The molecule has 0 aliphatic rings. The second-order valence-corrected chi connectivity index (χ2v) is 8.11. The first-order valence-corrected chi connectivity index (χ1v) is 10.1. The second kappa shape index (κ2) is 8.28. The van der Waals surface area contributed by atoms with Crippen LogP contribution in [0.3, 0.4) is 0 Å². The van der Waals surface area contributed by atoms with Crippen molar-refractivity contribution in [2.75, 3.05) is 0 Å². The molecule has 0 saturated carbocycles. The molecule has 0 bridgehead atoms. The summed E-state index contributed by atoms with van der Waals surface area (Å²) in [4.78, 5) is 25.4. The SMILES string of the molecule is CC[C@H](C)C(C(=O)O)c1c(C)n(C(=O)c2ccc(Cl)c(Cl)c2)c2cc(F)c(O)cc12. The van der Waals surface area contributed by atoms with Crippen LogP contribution in [0, 0.1) is 18.7 Å². The number of carboxylic acid groups (broad SMARTS) is 1. The summed E-state index contributed by atoms with van der Waals surface area (Å²) in [5.74, 6) is -4.29. The van der Waals surface area contributed by atoms with Gasteiger partial charge in [0.1, 0.15) is 0 Å². The van der Waals surface area contributed by atoms with Crippen LogP contribution in [0.2, 0.25) is 10.0 Å². The fraction of sp³-hybridized carbons (Fsp3) is 0.273. The number of aliphatic carboxylic acids is 1. The van der Waals surface area contributed by atoms with Crippen molar-refractivity contribution in [3.63, 3.8) is 0 Å². The van der Waals surface area contributed by atoms with E-state index in [2.05, 4.69) is 0 Å². The van der Waals surface area contributed by atoms with Gasteiger partial charge in [0, 0.05) is 22.7 Å². The molecule has 0 spiro atoms. The van der Waals surface area contributed by atoms with Crippen molar-refractivity contribution in [2.45, 2.75) is 33.1 Å². The summed E-state index contributed by atoms with van der Waals surface area (Å²) in [6.45, 7) is 5.27. The van der Waals surface area contributed by atoms with E-state index in [9.17, 15) is 24.2 Å². The molecule has 5 nitrogen and oxygen atoms in total. The van der Waals surface area contributed by atoms with Crippen LogP contribution in [0.15, 0.2) is 30.3 Å². The lowest BCUT2D eigenvalue weighted by atomic mass is 9.84. The number of rotatable bonds is 5. The Bertz CT molecular complexity index is 1170. The number of fused-ring (bicyclic) bond motifs is 1. The van der Waals surface area contributed by atoms with Crippen molar-refractivity contribution < 1.29 is 24.2 Å². The van der Waals surface area contributed by atoms with Gasteiger partial charge in [-0.15, -0.1) is 0 Å². The molecule has 0 amide bonds. The topological polar surface area (TPSA) is 79.5 Å². The Morgan fingerprint density at radius 1 is 1.17 bits per heavy atom. The predicted octanol–water partition coefficient (Wildman–Crippen LogP) is 6.00. The number of nitrogens with zero attached hydrogens (tertiary/aromatic N) is 1. The Morgan fingerprint density at radius 3 is 2.40 bits per heavy atom. The molecule has 1 unspecified atom stereocenters. The van der Waals surface area contributed by atoms with Crippen LogP contribution in [-0.2, 0) is 4.79 Å². The van der Waals surface area contributed by atoms with E-state index in [1.165, 1.54) is 28.8 Å². The lowest BCUT2D eigenvalue weighted by molar-refractivity contribution is -0.140. The highest BCUT2D eigenvalue weighted by Gasteiger charge is 2.33. The van der Waals surface area contributed by atoms with Gasteiger partial charge in [-0.1, -0.05) is 43.5 Å². The number of benzene rings is 2. The van der Waals surface area contributed by atoms with Crippen molar-refractivity contribution in [3.8, 4) is 5.75 Å². The molecular weight excluding hydrogens is 432 g/mol. The average molecular weight is 452 g/mol. The van der Waals surface area contributed by atoms with Gasteiger partial charge in [-0.25, -0.2) is 4.39 Å². The first-order valence-electron chi connectivity index (χ1n) is 9.34. The molecule has 3 aromatic rings. The van der Waals surface area contributed by atoms with Crippen molar-refractivity contribution in [1.29, 1.82) is 0 Å². The van der Waals surface area contributed by atoms with Gasteiger partial charge >= 0.3 is 5.97 Å². The zero-order chi connectivity index (χ0) is 22.3. The molecule has 158 valence electrons. The maximum Gasteiger partial charge on any atom is 0.311 e. The normalized spacial score (nSPS) is 13.4. The molecule has 2 N–H and O–H groups in total. The van der Waals surface area contributed by atoms with Gasteiger partial charge < -0.3 is 10.2 Å². The minimum Gasteiger partial charge on any atom is -0.505 e. The summed E-state index contributed by atoms with van der Waals surface area (Å²) in [5.41, 5.74) is 1.11. The maximum absolute atomic E-state index is 14.2. The molecule has 1 heterocycles. The zero-order valence-electron chi connectivity index (χ0n) is 16.5. The Morgan fingerprint density at radius 2 is 1.83 bits per heavy atom. The summed E-state index contributed by atoms with van der Waals surface area (Å²) in [6, 6.07) is 6.57. The number of hydrogen-bond donors (Lipinski definition) is 2. The van der Waals surface area contributed by atoms with Gasteiger partial charge in [-0.05, 0) is 42.7 Å². The number of carbonyl (C=O) groups is 2. The highest BCUT2D eigenvalue weighted by atomic mass is 35.5. The van der Waals surface area contributed by atoms with Crippen molar-refractivity contribution in [3.05, 3.63) is 63.0 Å². The summed E-state index contributed by atoms with van der Waals surface area (Å²) < 4.78 is 15.5. The minimum atomic E-state index is -1.06. The van der Waals surface area contributed by atoms with Crippen LogP contribution in [-0.4, -0.2) is 26.7 Å². The van der Waals surface area contributed by atoms with E-state index in [-0.39, 0.29) is 27.0 Å². The molecule has 0 saturated heterocycles. The molecule has 0 aliphatic heterocycles. The molecule has 2 atom stereocenters. The van der Waals surface area contributed by atoms with Gasteiger partial charge in [-0.3, -0.25) is 14.2 Å². The van der Waals surface area contributed by atoms with E-state index in [1.807, 2.05) is 6.92 Å². The largest absolute Gasteiger partial charge is 0.505 e. The van der Waals surface area contributed by atoms with E-state index in [0.717, 1.165) is 6.07 Å². The lowest BCUT2D eigenvalue weighted by Gasteiger charge is -2.20. The predicted molar refractivity (Wildman–Crippen MR) is 114 cm³/mol. The van der Waals surface area contributed by atoms with Crippen LogP contribution >= 0.6 is 23.2 Å². The quantitative estimate of drug-likeness (QED) is 0.498. The standard InChI is InChI=1S/C22H20Cl2FNO4/c1-4-10(2)19(22(29)30)20-11(3)26(17-9-16(25)18(27)8-13(17)20)21(28)12-5-6-14(23)15(24)7-12/h5-10,19,27H,4H2,1-3H3,(H,29,30)/t10-,19?/m0/s1. The third-order valence-electron chi connectivity index (χ3n) is 5.48. The number of phenols is 1. The minimum absolute atomic E-state index is 0.170. The number of aromatic nitrogens is 1. The average Bonchev–Trinajstić information content (AvgIpc) is 2.95. The lowest BCUT2D eigenvalue weighted by Crippen LogP contribution is -2.21. The summed E-state index contributed by atoms with van der Waals surface area (Å²) >= 11 is 12.0. The van der Waals surface area contributed by atoms with Crippen molar-refractivity contribution >= 4 is 46.0 Å². The van der Waals surface area contributed by atoms with Crippen molar-refractivity contribution in [2.24, 2.45) is 5.92 Å². The number of hydrogen-bond acceptors (Lipinski definition) is 3. The van der Waals surface area contributed by atoms with Crippen LogP contribution in [0.5, 0.6) is 5.75 Å². The van der Waals surface area contributed by atoms with E-state index < -0.39 is 29.4 Å². The van der Waals surface area contributed by atoms with Crippen LogP contribution in [0.4, 0.5) is 4.39 Å². The Balaban J connectivity index is 2.36. The fourth-order valence-electron chi connectivity index (χ4n) is 3.75. The van der Waals surface area contributed by atoms with Crippen molar-refractivity contribution in [1.82, 2.24) is 4.57 Å². The van der Waals surface area contributed by atoms with E-state index >= 15 is 0 Å². The van der Waals surface area contributed by atoms with Crippen LogP contribution in [0.1, 0.15) is 47.8 Å². The highest BCUT2D eigenvalue weighted by Crippen LogP contribution is 2.39. The summed E-state index contributed by atoms with van der Waals surface area (Å²) in [6.07, 6.45) is 0.580. The molecular formula is C22H20Cl2FNO4. The number of carbonyl (C=O) groups excluding carboxylic acids is 1. The molecule has 2 aromatic carbocycles. The fourth-order valence-corrected chi connectivity index (χ4v) is 4.05. The second-order valence-electron chi connectivity index (χ2n) is 7.29. The third kappa shape index (κ3) is 3.66. The Kier molecular flexibility index (Phi) is 6.11. The summed E-state index contributed by atoms with van der Waals surface area (Å²) in [5, 5.41) is 20.6. The van der Waals surface area contributed by atoms with E-state index in [4.69, 9.17) is 23.2 Å². The molecule has 0 aliphatic carbocycles. The number of halogens is 3. The van der Waals surface area contributed by atoms with Gasteiger partial charge in [0.25, 0.3) is 5.91 Å². The molecule has 0 radical (unpaired) electrons. The van der Waals surface area contributed by atoms with Gasteiger partial charge in [0.2, 0.25) is 0 Å². The zero-order valence-corrected chi connectivity index (χ0v) is 18.1. The number of carboxylic acids is 1. The van der Waals surface area contributed by atoms with Gasteiger partial charge in [-0.2, -0.15) is 0 Å².